The molecule has 2 aliphatic rings. The monoisotopic (exact) mass is 347 g/mol. The van der Waals surface area contributed by atoms with Gasteiger partial charge in [-0.3, -0.25) is 9.69 Å². The molecule has 0 atom stereocenters. The number of anilines is 1. The van der Waals surface area contributed by atoms with Crippen LogP contribution in [-0.2, 0) is 4.79 Å². The number of nitrogens with zero attached hydrogens (tertiary/aromatic N) is 2. The molecule has 1 aliphatic heterocycles. The lowest BCUT2D eigenvalue weighted by molar-refractivity contribution is -0.121. The number of rotatable bonds is 7. The molecule has 0 radical (unpaired) electrons. The van der Waals surface area contributed by atoms with Gasteiger partial charge < -0.3 is 10.2 Å². The van der Waals surface area contributed by atoms with Gasteiger partial charge in [-0.05, 0) is 36.6 Å². The Morgan fingerprint density at radius 1 is 1.08 bits per heavy atom. The topological polar surface area (TPSA) is 35.6 Å². The van der Waals surface area contributed by atoms with Crippen molar-refractivity contribution in [1.29, 1.82) is 0 Å². The van der Waals surface area contributed by atoms with E-state index < -0.39 is 0 Å². The minimum atomic E-state index is -0.189. The van der Waals surface area contributed by atoms with Gasteiger partial charge in [-0.15, -0.1) is 0 Å². The summed E-state index contributed by atoms with van der Waals surface area (Å²) in [7, 11) is 0. The van der Waals surface area contributed by atoms with Gasteiger partial charge in [0.25, 0.3) is 0 Å². The molecule has 0 unspecified atom stereocenters. The molecule has 0 spiro atoms. The van der Waals surface area contributed by atoms with Crippen LogP contribution >= 0.6 is 0 Å². The van der Waals surface area contributed by atoms with Gasteiger partial charge in [-0.2, -0.15) is 0 Å². The van der Waals surface area contributed by atoms with Gasteiger partial charge >= 0.3 is 0 Å². The molecule has 0 bridgehead atoms. The molecule has 1 aliphatic carbocycles. The minimum Gasteiger partial charge on any atom is -0.369 e. The van der Waals surface area contributed by atoms with Crippen molar-refractivity contribution in [3.8, 4) is 0 Å². The Morgan fingerprint density at radius 3 is 2.44 bits per heavy atom. The van der Waals surface area contributed by atoms with Gasteiger partial charge in [0.15, 0.2) is 0 Å². The molecule has 25 heavy (non-hydrogen) atoms. The zero-order valence-electron chi connectivity index (χ0n) is 15.1. The highest BCUT2D eigenvalue weighted by molar-refractivity contribution is 5.75. The molecule has 1 saturated heterocycles. The number of carbonyl (C=O) groups is 1. The maximum atomic E-state index is 13.0. The highest BCUT2D eigenvalue weighted by atomic mass is 19.1. The van der Waals surface area contributed by atoms with Crippen LogP contribution in [0.4, 0.5) is 10.1 Å². The Balaban J connectivity index is 1.28. The van der Waals surface area contributed by atoms with Crippen molar-refractivity contribution < 1.29 is 9.18 Å². The second kappa shape index (κ2) is 9.18. The van der Waals surface area contributed by atoms with Crippen molar-refractivity contribution in [2.45, 2.75) is 38.5 Å². The van der Waals surface area contributed by atoms with E-state index in [0.717, 1.165) is 57.3 Å². The Hall–Kier alpha value is -1.62. The Morgan fingerprint density at radius 2 is 1.76 bits per heavy atom. The smallest absolute Gasteiger partial charge is 0.220 e. The first-order valence-electron chi connectivity index (χ1n) is 9.70. The summed E-state index contributed by atoms with van der Waals surface area (Å²) in [5, 5.41) is 3.07. The molecule has 1 heterocycles. The minimum absolute atomic E-state index is 0.189. The van der Waals surface area contributed by atoms with E-state index in [1.165, 1.54) is 37.8 Å². The van der Waals surface area contributed by atoms with Crippen LogP contribution in [0.2, 0.25) is 0 Å². The second-order valence-electron chi connectivity index (χ2n) is 7.34. The lowest BCUT2D eigenvalue weighted by Crippen LogP contribution is -2.48. The number of carbonyl (C=O) groups excluding carboxylic acids is 1. The quantitative estimate of drug-likeness (QED) is 0.823. The number of amides is 1. The lowest BCUT2D eigenvalue weighted by Gasteiger charge is -2.36. The summed E-state index contributed by atoms with van der Waals surface area (Å²) < 4.78 is 13.0. The van der Waals surface area contributed by atoms with E-state index in [1.54, 1.807) is 0 Å². The third kappa shape index (κ3) is 5.70. The zero-order valence-corrected chi connectivity index (χ0v) is 15.1. The molecule has 0 aromatic heterocycles. The van der Waals surface area contributed by atoms with Crippen LogP contribution in [0.25, 0.3) is 0 Å². The molecular formula is C20H30FN3O. The fourth-order valence-electron chi connectivity index (χ4n) is 3.96. The molecule has 5 heteroatoms. The lowest BCUT2D eigenvalue weighted by atomic mass is 10.0. The molecule has 2 fully saturated rings. The Bertz CT molecular complexity index is 534. The predicted molar refractivity (Wildman–Crippen MR) is 99.3 cm³/mol. The SMILES string of the molecule is O=C(CCC1CCCC1)NCCN1CCN(c2ccc(F)cc2)CC1. The van der Waals surface area contributed by atoms with E-state index in [0.29, 0.717) is 6.42 Å². The fraction of sp³-hybridized carbons (Fsp3) is 0.650. The summed E-state index contributed by atoms with van der Waals surface area (Å²) in [4.78, 5) is 16.6. The van der Waals surface area contributed by atoms with E-state index in [1.807, 2.05) is 12.1 Å². The van der Waals surface area contributed by atoms with Crippen LogP contribution in [0.1, 0.15) is 38.5 Å². The maximum absolute atomic E-state index is 13.0. The zero-order chi connectivity index (χ0) is 17.5. The number of halogens is 1. The largest absolute Gasteiger partial charge is 0.369 e. The number of hydrogen-bond acceptors (Lipinski definition) is 3. The Kier molecular flexibility index (Phi) is 6.68. The summed E-state index contributed by atoms with van der Waals surface area (Å²) in [6, 6.07) is 6.72. The summed E-state index contributed by atoms with van der Waals surface area (Å²) in [6.45, 7) is 5.50. The van der Waals surface area contributed by atoms with E-state index >= 15 is 0 Å². The third-order valence-electron chi connectivity index (χ3n) is 5.57. The second-order valence-corrected chi connectivity index (χ2v) is 7.34. The fourth-order valence-corrected chi connectivity index (χ4v) is 3.96. The molecule has 1 N–H and O–H groups in total. The standard InChI is InChI=1S/C20H30FN3O/c21-18-6-8-19(9-7-18)24-15-13-23(14-16-24)12-11-22-20(25)10-5-17-3-1-2-4-17/h6-9,17H,1-5,10-16H2,(H,22,25). The van der Waals surface area contributed by atoms with Crippen molar-refractivity contribution in [3.63, 3.8) is 0 Å². The molecule has 138 valence electrons. The van der Waals surface area contributed by atoms with Gasteiger partial charge in [0.05, 0.1) is 0 Å². The van der Waals surface area contributed by atoms with Crippen molar-refractivity contribution >= 4 is 11.6 Å². The predicted octanol–water partition coefficient (Wildman–Crippen LogP) is 3.03. The van der Waals surface area contributed by atoms with Crippen molar-refractivity contribution in [3.05, 3.63) is 30.1 Å². The van der Waals surface area contributed by atoms with E-state index in [4.69, 9.17) is 0 Å². The molecule has 1 saturated carbocycles. The highest BCUT2D eigenvalue weighted by Crippen LogP contribution is 2.28. The average Bonchev–Trinajstić information content (AvgIpc) is 3.15. The van der Waals surface area contributed by atoms with E-state index in [9.17, 15) is 9.18 Å². The first-order valence-corrected chi connectivity index (χ1v) is 9.70. The molecule has 4 nitrogen and oxygen atoms in total. The van der Waals surface area contributed by atoms with Crippen LogP contribution in [0.5, 0.6) is 0 Å². The molecule has 1 aromatic rings. The van der Waals surface area contributed by atoms with Gasteiger partial charge in [-0.1, -0.05) is 25.7 Å². The maximum Gasteiger partial charge on any atom is 0.220 e. The van der Waals surface area contributed by atoms with Crippen molar-refractivity contribution in [1.82, 2.24) is 10.2 Å². The van der Waals surface area contributed by atoms with Gasteiger partial charge in [0, 0.05) is 51.4 Å². The van der Waals surface area contributed by atoms with Gasteiger partial charge in [0.2, 0.25) is 5.91 Å². The van der Waals surface area contributed by atoms with E-state index in [2.05, 4.69) is 15.1 Å². The molecule has 1 amide bonds. The van der Waals surface area contributed by atoms with E-state index in [-0.39, 0.29) is 11.7 Å². The molecule has 3 rings (SSSR count). The number of hydrogen-bond donors (Lipinski definition) is 1. The first kappa shape index (κ1) is 18.2. The number of piperazine rings is 1. The summed E-state index contributed by atoms with van der Waals surface area (Å²) in [5.41, 5.74) is 1.08. The van der Waals surface area contributed by atoms with Gasteiger partial charge in [0.1, 0.15) is 5.82 Å². The van der Waals surface area contributed by atoms with Crippen LogP contribution < -0.4 is 10.2 Å². The van der Waals surface area contributed by atoms with Crippen LogP contribution in [0, 0.1) is 11.7 Å². The third-order valence-corrected chi connectivity index (χ3v) is 5.57. The van der Waals surface area contributed by atoms with Crippen LogP contribution in [0.15, 0.2) is 24.3 Å². The number of benzene rings is 1. The summed E-state index contributed by atoms with van der Waals surface area (Å²) >= 11 is 0. The molecular weight excluding hydrogens is 317 g/mol. The number of nitrogens with one attached hydrogen (secondary N) is 1. The summed E-state index contributed by atoms with van der Waals surface area (Å²) in [6.07, 6.45) is 7.05. The highest BCUT2D eigenvalue weighted by Gasteiger charge is 2.18. The molecule has 1 aromatic carbocycles. The average molecular weight is 347 g/mol. The van der Waals surface area contributed by atoms with Crippen LogP contribution in [0.3, 0.4) is 0 Å². The van der Waals surface area contributed by atoms with Crippen LogP contribution in [-0.4, -0.2) is 50.1 Å². The Labute approximate surface area is 150 Å². The normalized spacial score (nSPS) is 19.3. The summed E-state index contributed by atoms with van der Waals surface area (Å²) in [5.74, 6) is 0.799. The van der Waals surface area contributed by atoms with Gasteiger partial charge in [-0.25, -0.2) is 4.39 Å². The van der Waals surface area contributed by atoms with Crippen molar-refractivity contribution in [2.75, 3.05) is 44.2 Å². The van der Waals surface area contributed by atoms with Crippen molar-refractivity contribution in [2.24, 2.45) is 5.92 Å². The first-order chi connectivity index (χ1) is 12.2.